The van der Waals surface area contributed by atoms with Gasteiger partial charge in [-0.1, -0.05) is 13.3 Å². The number of likely N-dealkylation sites (tertiary alicyclic amines) is 1. The average molecular weight is 331 g/mol. The highest BCUT2D eigenvalue weighted by atomic mass is 32.2. The molecule has 22 heavy (non-hydrogen) atoms. The first-order valence-electron chi connectivity index (χ1n) is 8.14. The van der Waals surface area contributed by atoms with Gasteiger partial charge in [0.1, 0.15) is 0 Å². The lowest BCUT2D eigenvalue weighted by atomic mass is 9.98. The molecule has 2 heterocycles. The highest BCUT2D eigenvalue weighted by Crippen LogP contribution is 2.27. The SMILES string of the molecule is CCC1CN(C(=O)C2CCCN(S(C)(=O)=O)C2)CC1N(C)C. The first-order valence-corrected chi connectivity index (χ1v) is 9.99. The quantitative estimate of drug-likeness (QED) is 0.751. The number of hydrogen-bond donors (Lipinski definition) is 0. The van der Waals surface area contributed by atoms with Gasteiger partial charge in [0, 0.05) is 32.2 Å². The maximum Gasteiger partial charge on any atom is 0.227 e. The predicted molar refractivity (Wildman–Crippen MR) is 87.0 cm³/mol. The van der Waals surface area contributed by atoms with Crippen LogP contribution in [0.2, 0.25) is 0 Å². The van der Waals surface area contributed by atoms with Crippen molar-refractivity contribution in [1.82, 2.24) is 14.1 Å². The van der Waals surface area contributed by atoms with Gasteiger partial charge < -0.3 is 9.80 Å². The summed E-state index contributed by atoms with van der Waals surface area (Å²) >= 11 is 0. The van der Waals surface area contributed by atoms with Crippen molar-refractivity contribution in [1.29, 1.82) is 0 Å². The molecule has 0 spiro atoms. The smallest absolute Gasteiger partial charge is 0.227 e. The molecular weight excluding hydrogens is 302 g/mol. The van der Waals surface area contributed by atoms with Crippen molar-refractivity contribution in [3.63, 3.8) is 0 Å². The van der Waals surface area contributed by atoms with E-state index in [1.54, 1.807) is 0 Å². The molecule has 0 N–H and O–H groups in total. The van der Waals surface area contributed by atoms with Gasteiger partial charge in [-0.05, 0) is 32.9 Å². The van der Waals surface area contributed by atoms with Crippen LogP contribution in [0.1, 0.15) is 26.2 Å². The second-order valence-electron chi connectivity index (χ2n) is 6.90. The summed E-state index contributed by atoms with van der Waals surface area (Å²) < 4.78 is 24.9. The summed E-state index contributed by atoms with van der Waals surface area (Å²) in [6.07, 6.45) is 3.86. The maximum absolute atomic E-state index is 12.8. The first kappa shape index (κ1) is 17.7. The Labute approximate surface area is 134 Å². The van der Waals surface area contributed by atoms with E-state index in [9.17, 15) is 13.2 Å². The molecule has 0 radical (unpaired) electrons. The number of hydrogen-bond acceptors (Lipinski definition) is 4. The second-order valence-corrected chi connectivity index (χ2v) is 8.89. The summed E-state index contributed by atoms with van der Waals surface area (Å²) in [7, 11) is 0.924. The number of likely N-dealkylation sites (N-methyl/N-ethyl adjacent to an activating group) is 1. The monoisotopic (exact) mass is 331 g/mol. The fourth-order valence-electron chi connectivity index (χ4n) is 3.72. The Morgan fingerprint density at radius 2 is 1.91 bits per heavy atom. The fourth-order valence-corrected chi connectivity index (χ4v) is 4.64. The van der Waals surface area contributed by atoms with Gasteiger partial charge in [0.25, 0.3) is 0 Å². The molecule has 2 saturated heterocycles. The van der Waals surface area contributed by atoms with Gasteiger partial charge in [-0.15, -0.1) is 0 Å². The lowest BCUT2D eigenvalue weighted by Crippen LogP contribution is -2.46. The molecule has 0 aliphatic carbocycles. The number of sulfonamides is 1. The van der Waals surface area contributed by atoms with Crippen LogP contribution < -0.4 is 0 Å². The molecule has 3 unspecified atom stereocenters. The normalized spacial score (nSPS) is 31.0. The molecule has 2 aliphatic heterocycles. The summed E-state index contributed by atoms with van der Waals surface area (Å²) in [5, 5.41) is 0. The zero-order valence-electron chi connectivity index (χ0n) is 14.2. The van der Waals surface area contributed by atoms with Crippen molar-refractivity contribution in [3.05, 3.63) is 0 Å². The van der Waals surface area contributed by atoms with E-state index in [1.165, 1.54) is 10.6 Å². The Morgan fingerprint density at radius 3 is 2.41 bits per heavy atom. The van der Waals surface area contributed by atoms with E-state index in [1.807, 2.05) is 4.90 Å². The Balaban J connectivity index is 2.03. The number of nitrogens with zero attached hydrogens (tertiary/aromatic N) is 3. The van der Waals surface area contributed by atoms with Crippen molar-refractivity contribution < 1.29 is 13.2 Å². The molecule has 7 heteroatoms. The molecule has 6 nitrogen and oxygen atoms in total. The average Bonchev–Trinajstić information content (AvgIpc) is 2.90. The zero-order valence-corrected chi connectivity index (χ0v) is 15.0. The minimum atomic E-state index is -3.20. The van der Waals surface area contributed by atoms with Gasteiger partial charge in [0.2, 0.25) is 15.9 Å². The Kier molecular flexibility index (Phi) is 5.50. The summed E-state index contributed by atoms with van der Waals surface area (Å²) in [6, 6.07) is 0.406. The molecular formula is C15H29N3O3S. The van der Waals surface area contributed by atoms with E-state index in [-0.39, 0.29) is 11.8 Å². The van der Waals surface area contributed by atoms with Gasteiger partial charge >= 0.3 is 0 Å². The Hall–Kier alpha value is -0.660. The van der Waals surface area contributed by atoms with Crippen LogP contribution in [0.3, 0.4) is 0 Å². The van der Waals surface area contributed by atoms with Crippen molar-refractivity contribution >= 4 is 15.9 Å². The molecule has 0 aromatic rings. The summed E-state index contributed by atoms with van der Waals surface area (Å²) in [4.78, 5) is 16.9. The fraction of sp³-hybridized carbons (Fsp3) is 0.933. The lowest BCUT2D eigenvalue weighted by Gasteiger charge is -2.32. The molecule has 2 rings (SSSR count). The van der Waals surface area contributed by atoms with Crippen LogP contribution in [-0.2, 0) is 14.8 Å². The molecule has 128 valence electrons. The van der Waals surface area contributed by atoms with Gasteiger partial charge in [-0.25, -0.2) is 12.7 Å². The van der Waals surface area contributed by atoms with Gasteiger partial charge in [0.05, 0.1) is 12.2 Å². The minimum absolute atomic E-state index is 0.135. The molecule has 0 aromatic heterocycles. The van der Waals surface area contributed by atoms with Crippen molar-refractivity contribution in [3.8, 4) is 0 Å². The van der Waals surface area contributed by atoms with Crippen molar-refractivity contribution in [2.75, 3.05) is 46.5 Å². The van der Waals surface area contributed by atoms with Gasteiger partial charge in [-0.2, -0.15) is 0 Å². The molecule has 1 amide bonds. The van der Waals surface area contributed by atoms with Gasteiger partial charge in [-0.3, -0.25) is 4.79 Å². The van der Waals surface area contributed by atoms with E-state index in [4.69, 9.17) is 0 Å². The number of amides is 1. The van der Waals surface area contributed by atoms with Crippen LogP contribution in [0.25, 0.3) is 0 Å². The van der Waals surface area contributed by atoms with Crippen LogP contribution in [0.4, 0.5) is 0 Å². The van der Waals surface area contributed by atoms with E-state index in [0.717, 1.165) is 32.4 Å². The van der Waals surface area contributed by atoms with Crippen LogP contribution in [0.5, 0.6) is 0 Å². The first-order chi connectivity index (χ1) is 10.2. The van der Waals surface area contributed by atoms with E-state index in [2.05, 4.69) is 25.9 Å². The second kappa shape index (κ2) is 6.84. The minimum Gasteiger partial charge on any atom is -0.340 e. The predicted octanol–water partition coefficient (Wildman–Crippen LogP) is 0.457. The molecule has 0 bridgehead atoms. The highest BCUT2D eigenvalue weighted by Gasteiger charge is 2.39. The van der Waals surface area contributed by atoms with Gasteiger partial charge in [0.15, 0.2) is 0 Å². The molecule has 0 aromatic carbocycles. The maximum atomic E-state index is 12.8. The summed E-state index contributed by atoms with van der Waals surface area (Å²) in [5.74, 6) is 0.464. The van der Waals surface area contributed by atoms with Crippen LogP contribution in [0.15, 0.2) is 0 Å². The largest absolute Gasteiger partial charge is 0.340 e. The van der Waals surface area contributed by atoms with Crippen molar-refractivity contribution in [2.45, 2.75) is 32.2 Å². The number of carbonyl (C=O) groups is 1. The summed E-state index contributed by atoms with van der Waals surface area (Å²) in [6.45, 7) is 4.62. The van der Waals surface area contributed by atoms with E-state index in [0.29, 0.717) is 25.0 Å². The summed E-state index contributed by atoms with van der Waals surface area (Å²) in [5.41, 5.74) is 0. The van der Waals surface area contributed by atoms with Crippen LogP contribution in [-0.4, -0.2) is 81.0 Å². The highest BCUT2D eigenvalue weighted by molar-refractivity contribution is 7.88. The number of piperidine rings is 1. The molecule has 3 atom stereocenters. The number of rotatable bonds is 4. The third kappa shape index (κ3) is 3.81. The molecule has 2 fully saturated rings. The van der Waals surface area contributed by atoms with E-state index >= 15 is 0 Å². The Bertz CT molecular complexity index is 506. The van der Waals surface area contributed by atoms with Crippen LogP contribution in [0, 0.1) is 11.8 Å². The molecule has 0 saturated carbocycles. The van der Waals surface area contributed by atoms with Crippen LogP contribution >= 0.6 is 0 Å². The lowest BCUT2D eigenvalue weighted by molar-refractivity contribution is -0.135. The third-order valence-electron chi connectivity index (χ3n) is 5.11. The van der Waals surface area contributed by atoms with E-state index < -0.39 is 10.0 Å². The number of carbonyl (C=O) groups excluding carboxylic acids is 1. The standard InChI is InChI=1S/C15H29N3O3S/c1-5-12-9-17(11-14(12)16(2)3)15(19)13-7-6-8-18(10-13)22(4,20)21/h12-14H,5-11H2,1-4H3. The topological polar surface area (TPSA) is 60.9 Å². The molecule has 2 aliphatic rings. The zero-order chi connectivity index (χ0) is 16.5. The third-order valence-corrected chi connectivity index (χ3v) is 6.38. The van der Waals surface area contributed by atoms with Crippen molar-refractivity contribution in [2.24, 2.45) is 11.8 Å². The Morgan fingerprint density at radius 1 is 1.23 bits per heavy atom.